The fourth-order valence-corrected chi connectivity index (χ4v) is 3.03. The van der Waals surface area contributed by atoms with Crippen LogP contribution in [0.25, 0.3) is 0 Å². The second kappa shape index (κ2) is 5.67. The molecule has 0 radical (unpaired) electrons. The minimum Gasteiger partial charge on any atom is -0.480 e. The standard InChI is InChI=1S/C15H18F3NO2/c1-2-14(13(20)21)7-4-8-19(14)10-11-5-3-6-12(9-11)15(16,17)18/h3,5-6,9H,2,4,7-8,10H2,1H3,(H,20,21). The van der Waals surface area contributed by atoms with E-state index in [1.165, 1.54) is 6.07 Å². The Labute approximate surface area is 121 Å². The van der Waals surface area contributed by atoms with E-state index < -0.39 is 23.2 Å². The number of carbonyl (C=O) groups is 1. The molecule has 0 aromatic heterocycles. The van der Waals surface area contributed by atoms with Crippen LogP contribution in [-0.4, -0.2) is 28.1 Å². The number of rotatable bonds is 4. The van der Waals surface area contributed by atoms with Crippen LogP contribution in [0.1, 0.15) is 37.3 Å². The average Bonchev–Trinajstić information content (AvgIpc) is 2.82. The fraction of sp³-hybridized carbons (Fsp3) is 0.533. The van der Waals surface area contributed by atoms with E-state index in [-0.39, 0.29) is 6.54 Å². The molecule has 1 aromatic carbocycles. The molecule has 6 heteroatoms. The van der Waals surface area contributed by atoms with Gasteiger partial charge in [-0.3, -0.25) is 9.69 Å². The molecule has 1 fully saturated rings. The Bertz CT molecular complexity index is 530. The molecule has 1 unspecified atom stereocenters. The molecule has 1 saturated heterocycles. The number of halogens is 3. The van der Waals surface area contributed by atoms with Crippen molar-refractivity contribution in [3.05, 3.63) is 35.4 Å². The van der Waals surface area contributed by atoms with E-state index >= 15 is 0 Å². The summed E-state index contributed by atoms with van der Waals surface area (Å²) in [6, 6.07) is 5.09. The second-order valence-corrected chi connectivity index (χ2v) is 5.41. The Balaban J connectivity index is 2.24. The number of carboxylic acid groups (broad SMARTS) is 1. The third-order valence-electron chi connectivity index (χ3n) is 4.23. The van der Waals surface area contributed by atoms with Crippen molar-refractivity contribution in [1.82, 2.24) is 4.90 Å². The van der Waals surface area contributed by atoms with Gasteiger partial charge >= 0.3 is 12.1 Å². The van der Waals surface area contributed by atoms with Gasteiger partial charge in [0.05, 0.1) is 5.56 Å². The normalized spacial score (nSPS) is 23.4. The molecule has 2 rings (SSSR count). The smallest absolute Gasteiger partial charge is 0.416 e. The molecule has 0 amide bonds. The van der Waals surface area contributed by atoms with E-state index in [1.54, 1.807) is 17.9 Å². The summed E-state index contributed by atoms with van der Waals surface area (Å²) in [5.41, 5.74) is -1.16. The first-order chi connectivity index (χ1) is 9.79. The van der Waals surface area contributed by atoms with Gasteiger partial charge in [0.2, 0.25) is 0 Å². The first-order valence-corrected chi connectivity index (χ1v) is 6.94. The first-order valence-electron chi connectivity index (χ1n) is 6.94. The lowest BCUT2D eigenvalue weighted by molar-refractivity contribution is -0.150. The van der Waals surface area contributed by atoms with Crippen molar-refractivity contribution >= 4 is 5.97 Å². The Kier molecular flexibility index (Phi) is 4.27. The molecular formula is C15H18F3NO2. The van der Waals surface area contributed by atoms with Crippen LogP contribution in [0.3, 0.4) is 0 Å². The fourth-order valence-electron chi connectivity index (χ4n) is 3.03. The van der Waals surface area contributed by atoms with Gasteiger partial charge in [-0.25, -0.2) is 0 Å². The van der Waals surface area contributed by atoms with Gasteiger partial charge in [-0.2, -0.15) is 13.2 Å². The van der Waals surface area contributed by atoms with Crippen LogP contribution >= 0.6 is 0 Å². The summed E-state index contributed by atoms with van der Waals surface area (Å²) in [6.07, 6.45) is -2.64. The van der Waals surface area contributed by atoms with Crippen LogP contribution in [-0.2, 0) is 17.5 Å². The van der Waals surface area contributed by atoms with Crippen molar-refractivity contribution in [3.8, 4) is 0 Å². The molecule has 1 aromatic rings. The largest absolute Gasteiger partial charge is 0.480 e. The maximum absolute atomic E-state index is 12.7. The number of nitrogens with zero attached hydrogens (tertiary/aromatic N) is 1. The van der Waals surface area contributed by atoms with Crippen molar-refractivity contribution < 1.29 is 23.1 Å². The van der Waals surface area contributed by atoms with Gasteiger partial charge in [0.25, 0.3) is 0 Å². The highest BCUT2D eigenvalue weighted by Gasteiger charge is 2.46. The predicted molar refractivity (Wildman–Crippen MR) is 71.7 cm³/mol. The molecule has 0 bridgehead atoms. The van der Waals surface area contributed by atoms with E-state index in [0.717, 1.165) is 18.6 Å². The summed E-state index contributed by atoms with van der Waals surface area (Å²) in [7, 11) is 0. The number of hydrogen-bond donors (Lipinski definition) is 1. The highest BCUT2D eigenvalue weighted by molar-refractivity contribution is 5.79. The monoisotopic (exact) mass is 301 g/mol. The lowest BCUT2D eigenvalue weighted by Crippen LogP contribution is -2.49. The summed E-state index contributed by atoms with van der Waals surface area (Å²) in [5, 5.41) is 9.47. The number of alkyl halides is 3. The van der Waals surface area contributed by atoms with Crippen LogP contribution in [0.2, 0.25) is 0 Å². The van der Waals surface area contributed by atoms with Gasteiger partial charge in [-0.15, -0.1) is 0 Å². The highest BCUT2D eigenvalue weighted by Crippen LogP contribution is 2.35. The number of carboxylic acids is 1. The Morgan fingerprint density at radius 3 is 2.71 bits per heavy atom. The van der Waals surface area contributed by atoms with Crippen molar-refractivity contribution in [2.45, 2.75) is 44.4 Å². The lowest BCUT2D eigenvalue weighted by atomic mass is 9.92. The van der Waals surface area contributed by atoms with Gasteiger partial charge in [0.1, 0.15) is 5.54 Å². The van der Waals surface area contributed by atoms with Gasteiger partial charge in [0.15, 0.2) is 0 Å². The lowest BCUT2D eigenvalue weighted by Gasteiger charge is -2.34. The minimum atomic E-state index is -4.38. The molecule has 116 valence electrons. The maximum Gasteiger partial charge on any atom is 0.416 e. The first kappa shape index (κ1) is 15.8. The molecule has 0 aliphatic carbocycles. The molecule has 1 N–H and O–H groups in total. The number of benzene rings is 1. The van der Waals surface area contributed by atoms with Crippen molar-refractivity contribution in [2.75, 3.05) is 6.54 Å². The van der Waals surface area contributed by atoms with Crippen molar-refractivity contribution in [3.63, 3.8) is 0 Å². The Hall–Kier alpha value is -1.56. The predicted octanol–water partition coefficient (Wildman–Crippen LogP) is 3.53. The SMILES string of the molecule is CCC1(C(=O)O)CCCN1Cc1cccc(C(F)(F)F)c1. The minimum absolute atomic E-state index is 0.226. The molecule has 1 atom stereocenters. The van der Waals surface area contributed by atoms with Gasteiger partial charge < -0.3 is 5.11 Å². The summed E-state index contributed by atoms with van der Waals surface area (Å²) >= 11 is 0. The van der Waals surface area contributed by atoms with Crippen molar-refractivity contribution in [1.29, 1.82) is 0 Å². The molecule has 1 heterocycles. The van der Waals surface area contributed by atoms with E-state index in [2.05, 4.69) is 0 Å². The third kappa shape index (κ3) is 3.05. The third-order valence-corrected chi connectivity index (χ3v) is 4.23. The zero-order valence-corrected chi connectivity index (χ0v) is 11.8. The summed E-state index contributed by atoms with van der Waals surface area (Å²) < 4.78 is 38.2. The molecule has 3 nitrogen and oxygen atoms in total. The van der Waals surface area contributed by atoms with E-state index in [4.69, 9.17) is 0 Å². The molecule has 1 aliphatic rings. The van der Waals surface area contributed by atoms with Crippen LogP contribution < -0.4 is 0 Å². The highest BCUT2D eigenvalue weighted by atomic mass is 19.4. The van der Waals surface area contributed by atoms with Crippen LogP contribution in [0.4, 0.5) is 13.2 Å². The zero-order chi connectivity index (χ0) is 15.7. The zero-order valence-electron chi connectivity index (χ0n) is 11.8. The number of aliphatic carboxylic acids is 1. The summed E-state index contributed by atoms with van der Waals surface area (Å²) in [5.74, 6) is -0.894. The van der Waals surface area contributed by atoms with Gasteiger partial charge in [-0.1, -0.05) is 25.1 Å². The number of hydrogen-bond acceptors (Lipinski definition) is 2. The molecule has 21 heavy (non-hydrogen) atoms. The van der Waals surface area contributed by atoms with Crippen LogP contribution in [0, 0.1) is 0 Å². The Morgan fingerprint density at radius 1 is 1.43 bits per heavy atom. The van der Waals surface area contributed by atoms with E-state index in [1.807, 2.05) is 0 Å². The maximum atomic E-state index is 12.7. The summed E-state index contributed by atoms with van der Waals surface area (Å²) in [4.78, 5) is 13.3. The average molecular weight is 301 g/mol. The van der Waals surface area contributed by atoms with Crippen LogP contribution in [0.15, 0.2) is 24.3 Å². The molecular weight excluding hydrogens is 283 g/mol. The topological polar surface area (TPSA) is 40.5 Å². The van der Waals surface area contributed by atoms with E-state index in [0.29, 0.717) is 24.9 Å². The summed E-state index contributed by atoms with van der Waals surface area (Å²) in [6.45, 7) is 2.62. The Morgan fingerprint density at radius 2 is 2.14 bits per heavy atom. The second-order valence-electron chi connectivity index (χ2n) is 5.41. The molecule has 0 saturated carbocycles. The van der Waals surface area contributed by atoms with Gasteiger partial charge in [-0.05, 0) is 37.4 Å². The van der Waals surface area contributed by atoms with Crippen LogP contribution in [0.5, 0.6) is 0 Å². The quantitative estimate of drug-likeness (QED) is 0.925. The number of likely N-dealkylation sites (tertiary alicyclic amines) is 1. The van der Waals surface area contributed by atoms with E-state index in [9.17, 15) is 23.1 Å². The van der Waals surface area contributed by atoms with Crippen molar-refractivity contribution in [2.24, 2.45) is 0 Å². The molecule has 0 spiro atoms. The van der Waals surface area contributed by atoms with Gasteiger partial charge in [0, 0.05) is 6.54 Å². The molecule has 1 aliphatic heterocycles.